The predicted molar refractivity (Wildman–Crippen MR) is 116 cm³/mol. The maximum atomic E-state index is 13.9. The number of nitrogens with zero attached hydrogens (tertiary/aromatic N) is 4. The van der Waals surface area contributed by atoms with Crippen molar-refractivity contribution in [3.8, 4) is 11.4 Å². The highest BCUT2D eigenvalue weighted by atomic mass is 35.5. The molecule has 2 heterocycles. The van der Waals surface area contributed by atoms with E-state index in [4.69, 9.17) is 11.6 Å². The van der Waals surface area contributed by atoms with Gasteiger partial charge in [-0.15, -0.1) is 0 Å². The van der Waals surface area contributed by atoms with Gasteiger partial charge in [0.2, 0.25) is 0 Å². The number of H-pyrrole nitrogens is 1. The first-order chi connectivity index (χ1) is 15.0. The maximum Gasteiger partial charge on any atom is 0.181 e. The fraction of sp³-hybridized carbons (Fsp3) is 0.304. The van der Waals surface area contributed by atoms with Crippen molar-refractivity contribution in [3.05, 3.63) is 64.8 Å². The lowest BCUT2D eigenvalue weighted by Crippen LogP contribution is -2.13. The highest BCUT2D eigenvalue weighted by Gasteiger charge is 2.25. The first-order valence-electron chi connectivity index (χ1n) is 10.4. The molecule has 1 aliphatic carbocycles. The zero-order valence-electron chi connectivity index (χ0n) is 16.8. The van der Waals surface area contributed by atoms with Crippen molar-refractivity contribution < 1.29 is 9.18 Å². The summed E-state index contributed by atoms with van der Waals surface area (Å²) >= 11 is 5.79. The van der Waals surface area contributed by atoms with Gasteiger partial charge in [0.15, 0.2) is 5.82 Å². The van der Waals surface area contributed by atoms with E-state index in [9.17, 15) is 9.18 Å². The SMILES string of the molecule is O=C(CCc1ccc2[nH]ncc2c1)Cc1nc(-c2ccc(Cl)c(F)c2)nn1CC1CC1. The molecule has 0 radical (unpaired) electrons. The Bertz CT molecular complexity index is 1260. The van der Waals surface area contributed by atoms with Crippen molar-refractivity contribution in [3.63, 3.8) is 0 Å². The van der Waals surface area contributed by atoms with Crippen molar-refractivity contribution in [1.82, 2.24) is 25.0 Å². The third-order valence-corrected chi connectivity index (χ3v) is 5.91. The number of nitrogens with one attached hydrogen (secondary N) is 1. The van der Waals surface area contributed by atoms with Crippen molar-refractivity contribution in [2.45, 2.75) is 38.6 Å². The fourth-order valence-electron chi connectivity index (χ4n) is 3.65. The number of rotatable bonds is 8. The monoisotopic (exact) mass is 437 g/mol. The third-order valence-electron chi connectivity index (χ3n) is 5.61. The van der Waals surface area contributed by atoms with E-state index in [1.165, 1.54) is 12.1 Å². The molecule has 1 saturated carbocycles. The van der Waals surface area contributed by atoms with Crippen LogP contribution in [0.25, 0.3) is 22.3 Å². The molecule has 0 amide bonds. The second-order valence-electron chi connectivity index (χ2n) is 8.11. The Morgan fingerprint density at radius 3 is 2.90 bits per heavy atom. The van der Waals surface area contributed by atoms with Gasteiger partial charge in [-0.05, 0) is 61.1 Å². The number of aryl methyl sites for hydroxylation is 1. The van der Waals surface area contributed by atoms with Gasteiger partial charge in [0, 0.05) is 23.9 Å². The Hall–Kier alpha value is -3.06. The number of ketones is 1. The minimum Gasteiger partial charge on any atom is -0.299 e. The average Bonchev–Trinajstić information content (AvgIpc) is 3.30. The van der Waals surface area contributed by atoms with Crippen LogP contribution in [0.4, 0.5) is 4.39 Å². The molecular weight excluding hydrogens is 417 g/mol. The summed E-state index contributed by atoms with van der Waals surface area (Å²) in [5.41, 5.74) is 2.63. The number of halogens is 2. The molecule has 1 aliphatic rings. The first kappa shape index (κ1) is 19.9. The molecule has 0 spiro atoms. The highest BCUT2D eigenvalue weighted by molar-refractivity contribution is 6.30. The quantitative estimate of drug-likeness (QED) is 0.431. The van der Waals surface area contributed by atoms with E-state index >= 15 is 0 Å². The molecule has 5 rings (SSSR count). The summed E-state index contributed by atoms with van der Waals surface area (Å²) in [7, 11) is 0. The third kappa shape index (κ3) is 4.51. The smallest absolute Gasteiger partial charge is 0.181 e. The summed E-state index contributed by atoms with van der Waals surface area (Å²) in [6.45, 7) is 0.739. The lowest BCUT2D eigenvalue weighted by molar-refractivity contribution is -0.118. The minimum atomic E-state index is -0.509. The molecular formula is C23H21ClFN5O. The number of aromatic amines is 1. The Kier molecular flexibility index (Phi) is 5.28. The van der Waals surface area contributed by atoms with E-state index in [0.29, 0.717) is 36.0 Å². The zero-order chi connectivity index (χ0) is 21.4. The van der Waals surface area contributed by atoms with E-state index in [1.807, 2.05) is 16.8 Å². The van der Waals surface area contributed by atoms with Crippen LogP contribution in [0.1, 0.15) is 30.7 Å². The van der Waals surface area contributed by atoms with Crippen LogP contribution < -0.4 is 0 Å². The largest absolute Gasteiger partial charge is 0.299 e. The van der Waals surface area contributed by atoms with Crippen LogP contribution in [-0.2, 0) is 24.2 Å². The molecule has 31 heavy (non-hydrogen) atoms. The van der Waals surface area contributed by atoms with Crippen LogP contribution in [0.3, 0.4) is 0 Å². The van der Waals surface area contributed by atoms with Crippen LogP contribution in [0.2, 0.25) is 5.02 Å². The normalized spacial score (nSPS) is 13.7. The molecule has 4 aromatic rings. The van der Waals surface area contributed by atoms with Crippen LogP contribution >= 0.6 is 11.6 Å². The molecule has 6 nitrogen and oxygen atoms in total. The Morgan fingerprint density at radius 1 is 1.23 bits per heavy atom. The summed E-state index contributed by atoms with van der Waals surface area (Å²) in [5, 5.41) is 12.6. The van der Waals surface area contributed by atoms with E-state index in [1.54, 1.807) is 12.3 Å². The van der Waals surface area contributed by atoms with Gasteiger partial charge >= 0.3 is 0 Å². The molecule has 0 bridgehead atoms. The fourth-order valence-corrected chi connectivity index (χ4v) is 3.77. The second kappa shape index (κ2) is 8.23. The average molecular weight is 438 g/mol. The lowest BCUT2D eigenvalue weighted by Gasteiger charge is -2.05. The second-order valence-corrected chi connectivity index (χ2v) is 8.52. The Balaban J connectivity index is 1.31. The lowest BCUT2D eigenvalue weighted by atomic mass is 10.0. The number of hydrogen-bond donors (Lipinski definition) is 1. The van der Waals surface area contributed by atoms with Crippen molar-refractivity contribution >= 4 is 28.3 Å². The highest BCUT2D eigenvalue weighted by Crippen LogP contribution is 2.31. The van der Waals surface area contributed by atoms with Gasteiger partial charge in [-0.2, -0.15) is 10.2 Å². The summed E-state index contributed by atoms with van der Waals surface area (Å²) in [4.78, 5) is 17.3. The zero-order valence-corrected chi connectivity index (χ0v) is 17.6. The van der Waals surface area contributed by atoms with Gasteiger partial charge < -0.3 is 0 Å². The number of Topliss-reactive ketones (excluding diaryl/α,β-unsaturated/α-hetero) is 1. The molecule has 0 aliphatic heterocycles. The molecule has 2 aromatic carbocycles. The molecule has 2 aromatic heterocycles. The van der Waals surface area contributed by atoms with Gasteiger partial charge in [0.25, 0.3) is 0 Å². The number of benzene rings is 2. The van der Waals surface area contributed by atoms with Crippen LogP contribution in [0.5, 0.6) is 0 Å². The van der Waals surface area contributed by atoms with Crippen molar-refractivity contribution in [1.29, 1.82) is 0 Å². The minimum absolute atomic E-state index is 0.0603. The molecule has 0 atom stereocenters. The van der Waals surface area contributed by atoms with Gasteiger partial charge in [0.1, 0.15) is 17.4 Å². The molecule has 158 valence electrons. The van der Waals surface area contributed by atoms with Gasteiger partial charge in [0.05, 0.1) is 23.2 Å². The van der Waals surface area contributed by atoms with E-state index in [0.717, 1.165) is 35.9 Å². The van der Waals surface area contributed by atoms with E-state index in [2.05, 4.69) is 26.3 Å². The summed E-state index contributed by atoms with van der Waals surface area (Å²) in [5.74, 6) is 1.22. The number of carbonyl (C=O) groups excluding carboxylic acids is 1. The van der Waals surface area contributed by atoms with E-state index < -0.39 is 5.82 Å². The molecule has 0 unspecified atom stereocenters. The Labute approximate surface area is 183 Å². The Morgan fingerprint density at radius 2 is 2.10 bits per heavy atom. The first-order valence-corrected chi connectivity index (χ1v) is 10.8. The summed E-state index contributed by atoms with van der Waals surface area (Å²) in [6.07, 6.45) is 5.39. The van der Waals surface area contributed by atoms with Crippen LogP contribution in [0, 0.1) is 11.7 Å². The van der Waals surface area contributed by atoms with Crippen LogP contribution in [0.15, 0.2) is 42.6 Å². The number of carbonyl (C=O) groups is 1. The summed E-state index contributed by atoms with van der Waals surface area (Å²) in [6, 6.07) is 10.6. The van der Waals surface area contributed by atoms with Crippen LogP contribution in [-0.4, -0.2) is 30.7 Å². The topological polar surface area (TPSA) is 76.5 Å². The van der Waals surface area contributed by atoms with E-state index in [-0.39, 0.29) is 17.2 Å². The number of hydrogen-bond acceptors (Lipinski definition) is 4. The van der Waals surface area contributed by atoms with Crippen molar-refractivity contribution in [2.75, 3.05) is 0 Å². The summed E-state index contributed by atoms with van der Waals surface area (Å²) < 4.78 is 15.7. The molecule has 1 N–H and O–H groups in total. The molecule has 8 heteroatoms. The van der Waals surface area contributed by atoms with Gasteiger partial charge in [-0.25, -0.2) is 14.1 Å². The van der Waals surface area contributed by atoms with Gasteiger partial charge in [-0.3, -0.25) is 9.89 Å². The predicted octanol–water partition coefficient (Wildman–Crippen LogP) is 4.77. The molecule has 1 fully saturated rings. The van der Waals surface area contributed by atoms with Crippen molar-refractivity contribution in [2.24, 2.45) is 5.92 Å². The van der Waals surface area contributed by atoms with Gasteiger partial charge in [-0.1, -0.05) is 17.7 Å². The maximum absolute atomic E-state index is 13.9. The molecule has 0 saturated heterocycles. The number of aromatic nitrogens is 5. The number of fused-ring (bicyclic) bond motifs is 1. The standard InChI is InChI=1S/C23H21ClFN5O/c24-19-7-5-16(10-20(19)25)23-27-22(30(29-23)13-15-1-2-15)11-18(31)6-3-14-4-8-21-17(9-14)12-26-28-21/h4-5,7-10,12,15H,1-3,6,11,13H2,(H,26,28).